The molecule has 0 saturated carbocycles. The smallest absolute Gasteiger partial charge is 0.191 e. The van der Waals surface area contributed by atoms with Gasteiger partial charge in [-0.05, 0) is 22.6 Å². The lowest BCUT2D eigenvalue weighted by Crippen LogP contribution is -2.38. The second-order valence-electron chi connectivity index (χ2n) is 6.11. The van der Waals surface area contributed by atoms with Crippen molar-refractivity contribution in [3.8, 4) is 0 Å². The molecule has 0 spiro atoms. The topological polar surface area (TPSA) is 70.6 Å². The molecule has 0 bridgehead atoms. The lowest BCUT2D eigenvalue weighted by atomic mass is 10.1. The van der Waals surface area contributed by atoms with Gasteiger partial charge in [-0.1, -0.05) is 37.3 Å². The van der Waals surface area contributed by atoms with E-state index in [1.165, 1.54) is 11.1 Å². The largest absolute Gasteiger partial charge is 0.356 e. The van der Waals surface area contributed by atoms with Gasteiger partial charge in [0, 0.05) is 37.2 Å². The van der Waals surface area contributed by atoms with Crippen LogP contribution in [-0.2, 0) is 22.1 Å². The van der Waals surface area contributed by atoms with Crippen molar-refractivity contribution in [2.24, 2.45) is 4.99 Å². The van der Waals surface area contributed by atoms with Crippen LogP contribution in [0.1, 0.15) is 28.8 Å². The van der Waals surface area contributed by atoms with Gasteiger partial charge in [0.05, 0.1) is 5.75 Å². The predicted molar refractivity (Wildman–Crippen MR) is 121 cm³/mol. The molecule has 8 heteroatoms. The van der Waals surface area contributed by atoms with Crippen LogP contribution in [-0.4, -0.2) is 34.2 Å². The number of sulfone groups is 1. The zero-order valence-corrected chi connectivity index (χ0v) is 19.2. The summed E-state index contributed by atoms with van der Waals surface area (Å²) < 4.78 is 22.6. The van der Waals surface area contributed by atoms with E-state index in [2.05, 4.69) is 40.1 Å². The molecule has 0 radical (unpaired) electrons. The maximum Gasteiger partial charge on any atom is 0.191 e. The van der Waals surface area contributed by atoms with E-state index in [9.17, 15) is 8.42 Å². The Labute approximate surface area is 177 Å². The Morgan fingerprint density at radius 3 is 2.35 bits per heavy atom. The lowest BCUT2D eigenvalue weighted by molar-refractivity contribution is 0.601. The van der Waals surface area contributed by atoms with Crippen LogP contribution >= 0.6 is 35.3 Å². The highest BCUT2D eigenvalue weighted by Gasteiger charge is 2.08. The zero-order chi connectivity index (χ0) is 18.3. The molecule has 144 valence electrons. The van der Waals surface area contributed by atoms with Crippen molar-refractivity contribution < 1.29 is 8.42 Å². The third kappa shape index (κ3) is 8.05. The summed E-state index contributed by atoms with van der Waals surface area (Å²) >= 11 is 1.76. The molecule has 0 amide bonds. The number of thiophene rings is 1. The molecule has 0 saturated heterocycles. The predicted octanol–water partition coefficient (Wildman–Crippen LogP) is 3.38. The third-order valence-electron chi connectivity index (χ3n) is 3.74. The monoisotopic (exact) mass is 507 g/mol. The normalized spacial score (nSPS) is 13.0. The van der Waals surface area contributed by atoms with Crippen LogP contribution in [0.25, 0.3) is 0 Å². The minimum Gasteiger partial charge on any atom is -0.356 e. The fourth-order valence-electron chi connectivity index (χ4n) is 2.38. The van der Waals surface area contributed by atoms with Gasteiger partial charge in [0.25, 0.3) is 0 Å². The lowest BCUT2D eigenvalue weighted by Gasteiger charge is -2.15. The Balaban J connectivity index is 0.00000338. The molecule has 0 aliphatic heterocycles. The summed E-state index contributed by atoms with van der Waals surface area (Å²) in [6, 6.07) is 11.8. The molecule has 1 aromatic heterocycles. The van der Waals surface area contributed by atoms with E-state index in [-0.39, 0.29) is 29.7 Å². The Bertz CT molecular complexity index is 788. The molecule has 26 heavy (non-hydrogen) atoms. The molecule has 2 N–H and O–H groups in total. The Morgan fingerprint density at radius 1 is 1.15 bits per heavy atom. The summed E-state index contributed by atoms with van der Waals surface area (Å²) in [7, 11) is -1.25. The molecule has 1 aromatic carbocycles. The molecular weight excluding hydrogens is 481 g/mol. The fourth-order valence-corrected chi connectivity index (χ4v) is 3.97. The highest BCUT2D eigenvalue weighted by molar-refractivity contribution is 14.0. The number of rotatable bonds is 7. The van der Waals surface area contributed by atoms with Gasteiger partial charge in [-0.2, -0.15) is 0 Å². The quantitative estimate of drug-likeness (QED) is 0.343. The summed E-state index contributed by atoms with van der Waals surface area (Å²) in [4.78, 5) is 5.59. The highest BCUT2D eigenvalue weighted by atomic mass is 127. The fraction of sp³-hybridized carbons (Fsp3) is 0.389. The molecule has 1 unspecified atom stereocenters. The average Bonchev–Trinajstić information content (AvgIpc) is 3.09. The number of halogens is 1. The number of guanidine groups is 1. The number of nitrogens with one attached hydrogen (secondary N) is 2. The first-order valence-electron chi connectivity index (χ1n) is 8.11. The van der Waals surface area contributed by atoms with Gasteiger partial charge in [-0.15, -0.1) is 35.3 Å². The molecule has 2 rings (SSSR count). The number of aliphatic imine (C=N–C) groups is 1. The molecule has 0 fully saturated rings. The maximum absolute atomic E-state index is 11.3. The minimum atomic E-state index is -3.00. The number of nitrogens with zero attached hydrogens (tertiary/aromatic N) is 1. The molecule has 0 aliphatic carbocycles. The second-order valence-corrected chi connectivity index (χ2v) is 9.23. The Kier molecular flexibility index (Phi) is 9.59. The number of hydrogen-bond donors (Lipinski definition) is 2. The van der Waals surface area contributed by atoms with Crippen LogP contribution in [0.5, 0.6) is 0 Å². The number of hydrogen-bond acceptors (Lipinski definition) is 4. The van der Waals surface area contributed by atoms with Gasteiger partial charge in [-0.3, -0.25) is 4.99 Å². The van der Waals surface area contributed by atoms with E-state index < -0.39 is 9.84 Å². The van der Waals surface area contributed by atoms with Crippen molar-refractivity contribution in [2.75, 3.05) is 19.8 Å². The minimum absolute atomic E-state index is 0. The Hall–Kier alpha value is -1.13. The van der Waals surface area contributed by atoms with E-state index in [0.717, 1.165) is 23.6 Å². The standard InChI is InChI=1S/C18H25N3O2S2.HI/c1-14(17-5-4-10-24-17)11-20-18(19-2)21-12-15-6-8-16(9-7-15)13-25(3,22)23;/h4-10,14H,11-13H2,1-3H3,(H2,19,20,21);1H. The Morgan fingerprint density at radius 2 is 1.81 bits per heavy atom. The zero-order valence-electron chi connectivity index (χ0n) is 15.2. The van der Waals surface area contributed by atoms with Gasteiger partial charge < -0.3 is 10.6 Å². The van der Waals surface area contributed by atoms with Crippen molar-refractivity contribution in [3.63, 3.8) is 0 Å². The van der Waals surface area contributed by atoms with E-state index in [4.69, 9.17) is 0 Å². The molecule has 0 aliphatic rings. The molecule has 1 heterocycles. The molecule has 1 atom stereocenters. The second kappa shape index (κ2) is 10.9. The van der Waals surface area contributed by atoms with Crippen LogP contribution in [0.15, 0.2) is 46.8 Å². The number of benzene rings is 1. The van der Waals surface area contributed by atoms with Crippen molar-refractivity contribution in [3.05, 3.63) is 57.8 Å². The SMILES string of the molecule is CN=C(NCc1ccc(CS(C)(=O)=O)cc1)NCC(C)c1cccs1.I. The first-order valence-corrected chi connectivity index (χ1v) is 11.0. The van der Waals surface area contributed by atoms with E-state index in [1.807, 2.05) is 24.3 Å². The summed E-state index contributed by atoms with van der Waals surface area (Å²) in [6.07, 6.45) is 1.25. The first-order chi connectivity index (χ1) is 11.9. The van der Waals surface area contributed by atoms with E-state index >= 15 is 0 Å². The summed E-state index contributed by atoms with van der Waals surface area (Å²) in [5.74, 6) is 1.25. The van der Waals surface area contributed by atoms with Crippen LogP contribution in [0.2, 0.25) is 0 Å². The van der Waals surface area contributed by atoms with Gasteiger partial charge >= 0.3 is 0 Å². The van der Waals surface area contributed by atoms with Crippen LogP contribution < -0.4 is 10.6 Å². The van der Waals surface area contributed by atoms with Gasteiger partial charge in [0.2, 0.25) is 0 Å². The van der Waals surface area contributed by atoms with Gasteiger partial charge in [0.1, 0.15) is 0 Å². The third-order valence-corrected chi connectivity index (χ3v) is 5.70. The summed E-state index contributed by atoms with van der Waals surface area (Å²) in [5, 5.41) is 8.70. The van der Waals surface area contributed by atoms with Gasteiger partial charge in [-0.25, -0.2) is 8.42 Å². The van der Waals surface area contributed by atoms with Crippen molar-refractivity contribution in [1.82, 2.24) is 10.6 Å². The van der Waals surface area contributed by atoms with Crippen molar-refractivity contribution in [2.45, 2.75) is 25.1 Å². The van der Waals surface area contributed by atoms with Crippen LogP contribution in [0, 0.1) is 0 Å². The molecular formula is C18H26IN3O2S2. The van der Waals surface area contributed by atoms with Crippen molar-refractivity contribution >= 4 is 51.1 Å². The molecule has 5 nitrogen and oxygen atoms in total. The van der Waals surface area contributed by atoms with Crippen LogP contribution in [0.4, 0.5) is 0 Å². The van der Waals surface area contributed by atoms with Crippen molar-refractivity contribution in [1.29, 1.82) is 0 Å². The van der Waals surface area contributed by atoms with Crippen LogP contribution in [0.3, 0.4) is 0 Å². The highest BCUT2D eigenvalue weighted by Crippen LogP contribution is 2.19. The van der Waals surface area contributed by atoms with E-state index in [1.54, 1.807) is 18.4 Å². The summed E-state index contributed by atoms with van der Waals surface area (Å²) in [6.45, 7) is 3.63. The average molecular weight is 507 g/mol. The summed E-state index contributed by atoms with van der Waals surface area (Å²) in [5.41, 5.74) is 1.88. The van der Waals surface area contributed by atoms with Gasteiger partial charge in [0.15, 0.2) is 15.8 Å². The van der Waals surface area contributed by atoms with E-state index in [0.29, 0.717) is 12.5 Å². The first kappa shape index (κ1) is 22.9. The molecule has 2 aromatic rings. The maximum atomic E-state index is 11.3.